The first-order chi connectivity index (χ1) is 9.94. The van der Waals surface area contributed by atoms with Gasteiger partial charge in [-0.05, 0) is 32.9 Å². The number of urea groups is 1. The third kappa shape index (κ3) is 5.41. The van der Waals surface area contributed by atoms with Crippen molar-refractivity contribution in [2.45, 2.75) is 63.2 Å². The van der Waals surface area contributed by atoms with E-state index in [4.69, 9.17) is 5.11 Å². The van der Waals surface area contributed by atoms with Crippen LogP contribution in [-0.2, 0) is 4.79 Å². The fraction of sp³-hybridized carbons (Fsp3) is 0.867. The lowest BCUT2D eigenvalue weighted by Gasteiger charge is -2.37. The van der Waals surface area contributed by atoms with E-state index in [0.717, 1.165) is 12.8 Å². The Morgan fingerprint density at radius 2 is 1.95 bits per heavy atom. The van der Waals surface area contributed by atoms with Crippen molar-refractivity contribution in [1.29, 1.82) is 0 Å². The largest absolute Gasteiger partial charge is 0.481 e. The van der Waals surface area contributed by atoms with Gasteiger partial charge < -0.3 is 15.3 Å². The number of carboxylic acid groups (broad SMARTS) is 1. The summed E-state index contributed by atoms with van der Waals surface area (Å²) in [6.45, 7) is 4.85. The van der Waals surface area contributed by atoms with Gasteiger partial charge in [0.15, 0.2) is 0 Å². The maximum Gasteiger partial charge on any atom is 0.317 e. The lowest BCUT2D eigenvalue weighted by molar-refractivity contribution is -0.138. The Morgan fingerprint density at radius 3 is 2.43 bits per heavy atom. The highest BCUT2D eigenvalue weighted by atomic mass is 32.2. The number of carboxylic acids is 1. The van der Waals surface area contributed by atoms with Gasteiger partial charge in [-0.25, -0.2) is 4.79 Å². The minimum Gasteiger partial charge on any atom is -0.481 e. The first kappa shape index (κ1) is 18.1. The zero-order valence-electron chi connectivity index (χ0n) is 13.4. The lowest BCUT2D eigenvalue weighted by Crippen LogP contribution is -2.50. The Labute approximate surface area is 131 Å². The summed E-state index contributed by atoms with van der Waals surface area (Å²) >= 11 is 1.85. The number of thioether (sulfide) groups is 1. The topological polar surface area (TPSA) is 69.6 Å². The van der Waals surface area contributed by atoms with Gasteiger partial charge in [-0.2, -0.15) is 11.8 Å². The molecule has 1 aliphatic carbocycles. The number of nitrogens with zero attached hydrogens (tertiary/aromatic N) is 1. The van der Waals surface area contributed by atoms with Crippen LogP contribution in [0.3, 0.4) is 0 Å². The second-order valence-corrected chi connectivity index (χ2v) is 7.11. The van der Waals surface area contributed by atoms with E-state index in [1.807, 2.05) is 18.7 Å². The molecule has 0 heterocycles. The number of amides is 2. The van der Waals surface area contributed by atoms with E-state index in [1.165, 1.54) is 19.3 Å². The van der Waals surface area contributed by atoms with Gasteiger partial charge in [0, 0.05) is 23.9 Å². The van der Waals surface area contributed by atoms with Crippen molar-refractivity contribution < 1.29 is 14.7 Å². The van der Waals surface area contributed by atoms with Gasteiger partial charge >= 0.3 is 12.0 Å². The van der Waals surface area contributed by atoms with Gasteiger partial charge in [-0.15, -0.1) is 0 Å². The highest BCUT2D eigenvalue weighted by Gasteiger charge is 2.32. The third-order valence-electron chi connectivity index (χ3n) is 4.36. The van der Waals surface area contributed by atoms with Crippen molar-refractivity contribution in [2.24, 2.45) is 0 Å². The second-order valence-electron chi connectivity index (χ2n) is 5.84. The predicted molar refractivity (Wildman–Crippen MR) is 86.8 cm³/mol. The Hall–Kier alpha value is -0.910. The number of hydrogen-bond donors (Lipinski definition) is 2. The van der Waals surface area contributed by atoms with E-state index >= 15 is 0 Å². The molecule has 0 aromatic carbocycles. The van der Waals surface area contributed by atoms with Gasteiger partial charge in [-0.3, -0.25) is 4.79 Å². The molecule has 1 fully saturated rings. The van der Waals surface area contributed by atoms with Gasteiger partial charge in [0.1, 0.15) is 0 Å². The summed E-state index contributed by atoms with van der Waals surface area (Å²) in [6, 6.07) is -0.436. The van der Waals surface area contributed by atoms with E-state index in [2.05, 4.69) is 11.6 Å². The molecule has 0 aromatic rings. The van der Waals surface area contributed by atoms with E-state index < -0.39 is 5.97 Å². The first-order valence-electron chi connectivity index (χ1n) is 7.75. The smallest absolute Gasteiger partial charge is 0.317 e. The normalized spacial score (nSPS) is 18.8. The van der Waals surface area contributed by atoms with Crippen LogP contribution in [0.4, 0.5) is 4.79 Å². The minimum absolute atomic E-state index is 0.0189. The maximum atomic E-state index is 12.3. The van der Waals surface area contributed by atoms with Crippen LogP contribution in [-0.4, -0.2) is 52.1 Å². The van der Waals surface area contributed by atoms with Gasteiger partial charge in [0.2, 0.25) is 0 Å². The molecule has 1 saturated carbocycles. The maximum absolute atomic E-state index is 12.3. The molecule has 1 atom stereocenters. The molecule has 2 amide bonds. The van der Waals surface area contributed by atoms with Gasteiger partial charge in [-0.1, -0.05) is 19.3 Å². The SMILES string of the molecule is CCN(C(=O)NCC1(SC)CCCCC1)C(C)CC(=O)O. The van der Waals surface area contributed by atoms with Crippen molar-refractivity contribution in [1.82, 2.24) is 10.2 Å². The number of aliphatic carboxylic acids is 1. The lowest BCUT2D eigenvalue weighted by atomic mass is 9.88. The highest BCUT2D eigenvalue weighted by Crippen LogP contribution is 2.37. The Morgan fingerprint density at radius 1 is 1.33 bits per heavy atom. The van der Waals surface area contributed by atoms with Crippen LogP contribution in [0.25, 0.3) is 0 Å². The minimum atomic E-state index is -0.874. The summed E-state index contributed by atoms with van der Waals surface area (Å²) < 4.78 is 0.156. The number of carbonyl (C=O) groups is 2. The quantitative estimate of drug-likeness (QED) is 0.757. The Kier molecular flexibility index (Phi) is 7.35. The molecule has 0 radical (unpaired) electrons. The molecular formula is C15H28N2O3S. The van der Waals surface area contributed by atoms with E-state index in [9.17, 15) is 9.59 Å². The molecular weight excluding hydrogens is 288 g/mol. The van der Waals surface area contributed by atoms with Crippen molar-refractivity contribution in [3.05, 3.63) is 0 Å². The molecule has 0 saturated heterocycles. The second kappa shape index (κ2) is 8.51. The average Bonchev–Trinajstić information content (AvgIpc) is 2.46. The standard InChI is InChI=1S/C15H28N2O3S/c1-4-17(12(2)10-13(18)19)14(20)16-11-15(21-3)8-6-5-7-9-15/h12H,4-11H2,1-3H3,(H,16,20)(H,18,19). The number of hydrogen-bond acceptors (Lipinski definition) is 3. The van der Waals surface area contributed by atoms with E-state index in [1.54, 1.807) is 11.8 Å². The fourth-order valence-corrected chi connectivity index (χ4v) is 3.92. The summed E-state index contributed by atoms with van der Waals surface area (Å²) in [5.74, 6) is -0.874. The zero-order chi connectivity index (χ0) is 15.9. The molecule has 122 valence electrons. The van der Waals surface area contributed by atoms with Crippen LogP contribution < -0.4 is 5.32 Å². The average molecular weight is 316 g/mol. The van der Waals surface area contributed by atoms with Crippen molar-refractivity contribution >= 4 is 23.8 Å². The molecule has 1 aliphatic rings. The van der Waals surface area contributed by atoms with Crippen LogP contribution >= 0.6 is 11.8 Å². The molecule has 1 unspecified atom stereocenters. The summed E-state index contributed by atoms with van der Waals surface area (Å²) in [5, 5.41) is 11.9. The predicted octanol–water partition coefficient (Wildman–Crippen LogP) is 2.95. The molecule has 5 nitrogen and oxygen atoms in total. The van der Waals surface area contributed by atoms with E-state index in [0.29, 0.717) is 13.1 Å². The third-order valence-corrected chi connectivity index (χ3v) is 5.78. The Balaban J connectivity index is 2.55. The number of rotatable bonds is 7. The molecule has 0 aromatic heterocycles. The molecule has 1 rings (SSSR count). The summed E-state index contributed by atoms with van der Waals surface area (Å²) in [6.07, 6.45) is 8.12. The summed E-state index contributed by atoms with van der Waals surface area (Å²) in [5.41, 5.74) is 0. The molecule has 2 N–H and O–H groups in total. The van der Waals surface area contributed by atoms with E-state index in [-0.39, 0.29) is 23.2 Å². The van der Waals surface area contributed by atoms with Crippen LogP contribution in [0.15, 0.2) is 0 Å². The van der Waals surface area contributed by atoms with Crippen molar-refractivity contribution in [3.63, 3.8) is 0 Å². The van der Waals surface area contributed by atoms with Crippen LogP contribution in [0.2, 0.25) is 0 Å². The molecule has 6 heteroatoms. The molecule has 0 aliphatic heterocycles. The fourth-order valence-electron chi connectivity index (χ4n) is 3.01. The number of carbonyl (C=O) groups excluding carboxylic acids is 1. The van der Waals surface area contributed by atoms with Crippen LogP contribution in [0, 0.1) is 0 Å². The highest BCUT2D eigenvalue weighted by molar-refractivity contribution is 8.00. The molecule has 0 spiro atoms. The Bertz CT molecular complexity index is 357. The monoisotopic (exact) mass is 316 g/mol. The van der Waals surface area contributed by atoms with Crippen LogP contribution in [0.5, 0.6) is 0 Å². The molecule has 0 bridgehead atoms. The summed E-state index contributed by atoms with van der Waals surface area (Å²) in [7, 11) is 0. The van der Waals surface area contributed by atoms with Gasteiger partial charge in [0.25, 0.3) is 0 Å². The van der Waals surface area contributed by atoms with Gasteiger partial charge in [0.05, 0.1) is 6.42 Å². The molecule has 21 heavy (non-hydrogen) atoms. The number of nitrogens with one attached hydrogen (secondary N) is 1. The van der Waals surface area contributed by atoms with Crippen LogP contribution in [0.1, 0.15) is 52.4 Å². The van der Waals surface area contributed by atoms with Crippen molar-refractivity contribution in [2.75, 3.05) is 19.3 Å². The van der Waals surface area contributed by atoms with Crippen molar-refractivity contribution in [3.8, 4) is 0 Å². The summed E-state index contributed by atoms with van der Waals surface area (Å²) in [4.78, 5) is 24.7. The first-order valence-corrected chi connectivity index (χ1v) is 8.98. The zero-order valence-corrected chi connectivity index (χ0v) is 14.2.